The summed E-state index contributed by atoms with van der Waals surface area (Å²) in [5, 5.41) is 8.91. The molecule has 134 valence electrons. The first kappa shape index (κ1) is 19.8. The van der Waals surface area contributed by atoms with Gasteiger partial charge in [-0.25, -0.2) is 0 Å². The van der Waals surface area contributed by atoms with Crippen molar-refractivity contribution < 1.29 is 32.6 Å². The lowest BCUT2D eigenvalue weighted by molar-refractivity contribution is -0.153. The molecule has 1 aromatic rings. The zero-order valence-electron chi connectivity index (χ0n) is 13.5. The standard InChI is InChI=1S/C16H20F3NO4/c1-3-11(2)20(9-15(22)23)14(21)8-12-5-4-6-13(7-12)24-10-16(17,18)19/h4-7,11H,3,8-10H2,1-2H3,(H,22,23). The lowest BCUT2D eigenvalue weighted by Crippen LogP contribution is -2.42. The number of hydrogen-bond acceptors (Lipinski definition) is 3. The monoisotopic (exact) mass is 347 g/mol. The molecular formula is C16H20F3NO4. The number of carboxylic acids is 1. The van der Waals surface area contributed by atoms with E-state index in [1.165, 1.54) is 23.1 Å². The molecule has 5 nitrogen and oxygen atoms in total. The average Bonchev–Trinajstić information content (AvgIpc) is 2.49. The van der Waals surface area contributed by atoms with Crippen LogP contribution in [0.5, 0.6) is 5.75 Å². The largest absolute Gasteiger partial charge is 0.484 e. The summed E-state index contributed by atoms with van der Waals surface area (Å²) in [5.41, 5.74) is 0.457. The number of hydrogen-bond donors (Lipinski definition) is 1. The van der Waals surface area contributed by atoms with Gasteiger partial charge in [-0.15, -0.1) is 0 Å². The molecule has 8 heteroatoms. The number of rotatable bonds is 8. The van der Waals surface area contributed by atoms with E-state index in [0.717, 1.165) is 0 Å². The van der Waals surface area contributed by atoms with Crippen LogP contribution in [0.4, 0.5) is 13.2 Å². The Morgan fingerprint density at radius 3 is 2.54 bits per heavy atom. The van der Waals surface area contributed by atoms with E-state index in [2.05, 4.69) is 4.74 Å². The number of benzene rings is 1. The first-order chi connectivity index (χ1) is 11.1. The fourth-order valence-electron chi connectivity index (χ4n) is 2.04. The average molecular weight is 347 g/mol. The fourth-order valence-corrected chi connectivity index (χ4v) is 2.04. The fraction of sp³-hybridized carbons (Fsp3) is 0.500. The number of nitrogens with zero attached hydrogens (tertiary/aromatic N) is 1. The Kier molecular flexibility index (Phi) is 7.06. The highest BCUT2D eigenvalue weighted by molar-refractivity contribution is 5.83. The van der Waals surface area contributed by atoms with Crippen LogP contribution in [0.3, 0.4) is 0 Å². The molecule has 0 heterocycles. The molecule has 1 N–H and O–H groups in total. The van der Waals surface area contributed by atoms with Crippen molar-refractivity contribution in [2.75, 3.05) is 13.2 Å². The number of alkyl halides is 3. The summed E-state index contributed by atoms with van der Waals surface area (Å²) in [4.78, 5) is 24.5. The van der Waals surface area contributed by atoms with E-state index in [0.29, 0.717) is 12.0 Å². The van der Waals surface area contributed by atoms with Gasteiger partial charge in [-0.05, 0) is 31.0 Å². The number of ether oxygens (including phenoxy) is 1. The van der Waals surface area contributed by atoms with Crippen LogP contribution >= 0.6 is 0 Å². The molecule has 0 aliphatic carbocycles. The zero-order chi connectivity index (χ0) is 18.3. The summed E-state index contributed by atoms with van der Waals surface area (Å²) < 4.78 is 41.1. The molecule has 0 fully saturated rings. The van der Waals surface area contributed by atoms with Gasteiger partial charge in [0.1, 0.15) is 12.3 Å². The summed E-state index contributed by atoms with van der Waals surface area (Å²) in [6, 6.07) is 5.52. The van der Waals surface area contributed by atoms with Gasteiger partial charge in [-0.1, -0.05) is 19.1 Å². The van der Waals surface area contributed by atoms with Gasteiger partial charge in [-0.2, -0.15) is 13.2 Å². The van der Waals surface area contributed by atoms with Crippen molar-refractivity contribution in [3.63, 3.8) is 0 Å². The molecule has 1 atom stereocenters. The Morgan fingerprint density at radius 2 is 2.00 bits per heavy atom. The Morgan fingerprint density at radius 1 is 1.33 bits per heavy atom. The predicted molar refractivity (Wildman–Crippen MR) is 80.8 cm³/mol. The molecule has 0 aliphatic rings. The highest BCUT2D eigenvalue weighted by Gasteiger charge is 2.28. The van der Waals surface area contributed by atoms with E-state index in [1.807, 2.05) is 6.92 Å². The predicted octanol–water partition coefficient (Wildman–Crippen LogP) is 2.88. The minimum Gasteiger partial charge on any atom is -0.484 e. The maximum Gasteiger partial charge on any atom is 0.422 e. The maximum atomic E-state index is 12.3. The number of carbonyl (C=O) groups excluding carboxylic acids is 1. The van der Waals surface area contributed by atoms with Gasteiger partial charge in [-0.3, -0.25) is 9.59 Å². The molecule has 1 aromatic carbocycles. The highest BCUT2D eigenvalue weighted by atomic mass is 19.4. The van der Waals surface area contributed by atoms with Crippen molar-refractivity contribution in [1.82, 2.24) is 4.90 Å². The molecule has 0 radical (unpaired) electrons. The molecule has 1 amide bonds. The Labute approximate surface area is 138 Å². The number of amides is 1. The third-order valence-electron chi connectivity index (χ3n) is 3.41. The number of carboxylic acid groups (broad SMARTS) is 1. The van der Waals surface area contributed by atoms with E-state index in [1.54, 1.807) is 13.0 Å². The summed E-state index contributed by atoms with van der Waals surface area (Å²) in [6.45, 7) is 1.74. The van der Waals surface area contributed by atoms with Crippen LogP contribution in [-0.4, -0.2) is 47.3 Å². The van der Waals surface area contributed by atoms with Crippen LogP contribution < -0.4 is 4.74 Å². The van der Waals surface area contributed by atoms with E-state index in [4.69, 9.17) is 5.11 Å². The summed E-state index contributed by atoms with van der Waals surface area (Å²) >= 11 is 0. The van der Waals surface area contributed by atoms with Crippen LogP contribution in [0.15, 0.2) is 24.3 Å². The van der Waals surface area contributed by atoms with E-state index < -0.39 is 31.2 Å². The second kappa shape index (κ2) is 8.56. The Hall–Kier alpha value is -2.25. The first-order valence-electron chi connectivity index (χ1n) is 7.42. The van der Waals surface area contributed by atoms with Crippen molar-refractivity contribution in [2.45, 2.75) is 38.9 Å². The topological polar surface area (TPSA) is 66.8 Å². The van der Waals surface area contributed by atoms with Gasteiger partial charge in [0, 0.05) is 6.04 Å². The molecule has 1 unspecified atom stereocenters. The summed E-state index contributed by atoms with van der Waals surface area (Å²) in [7, 11) is 0. The highest BCUT2D eigenvalue weighted by Crippen LogP contribution is 2.20. The van der Waals surface area contributed by atoms with Crippen molar-refractivity contribution >= 4 is 11.9 Å². The first-order valence-corrected chi connectivity index (χ1v) is 7.42. The van der Waals surface area contributed by atoms with Gasteiger partial charge in [0.15, 0.2) is 6.61 Å². The molecule has 0 aromatic heterocycles. The smallest absolute Gasteiger partial charge is 0.422 e. The van der Waals surface area contributed by atoms with Gasteiger partial charge >= 0.3 is 12.1 Å². The molecule has 1 rings (SSSR count). The SMILES string of the molecule is CCC(C)N(CC(=O)O)C(=O)Cc1cccc(OCC(F)(F)F)c1. The molecule has 0 aliphatic heterocycles. The second-order valence-corrected chi connectivity index (χ2v) is 5.40. The van der Waals surface area contributed by atoms with Crippen molar-refractivity contribution in [1.29, 1.82) is 0 Å². The van der Waals surface area contributed by atoms with Crippen LogP contribution in [0.25, 0.3) is 0 Å². The van der Waals surface area contributed by atoms with Gasteiger partial charge < -0.3 is 14.7 Å². The van der Waals surface area contributed by atoms with Crippen molar-refractivity contribution in [3.8, 4) is 5.75 Å². The van der Waals surface area contributed by atoms with Crippen LogP contribution in [-0.2, 0) is 16.0 Å². The van der Waals surface area contributed by atoms with E-state index in [9.17, 15) is 22.8 Å². The number of aliphatic carboxylic acids is 1. The minimum absolute atomic E-state index is 0.00551. The van der Waals surface area contributed by atoms with Gasteiger partial charge in [0.2, 0.25) is 5.91 Å². The lowest BCUT2D eigenvalue weighted by atomic mass is 10.1. The van der Waals surface area contributed by atoms with Gasteiger partial charge in [0.05, 0.1) is 6.42 Å². The molecule has 0 saturated carbocycles. The quantitative estimate of drug-likeness (QED) is 0.785. The number of carbonyl (C=O) groups is 2. The normalized spacial score (nSPS) is 12.5. The maximum absolute atomic E-state index is 12.3. The summed E-state index contributed by atoms with van der Waals surface area (Å²) in [6.07, 6.45) is -3.96. The molecular weight excluding hydrogens is 327 g/mol. The Balaban J connectivity index is 2.79. The third-order valence-corrected chi connectivity index (χ3v) is 3.41. The van der Waals surface area contributed by atoms with Gasteiger partial charge in [0.25, 0.3) is 0 Å². The summed E-state index contributed by atoms with van der Waals surface area (Å²) in [5.74, 6) is -1.52. The van der Waals surface area contributed by atoms with Crippen LogP contribution in [0, 0.1) is 0 Å². The zero-order valence-corrected chi connectivity index (χ0v) is 13.5. The van der Waals surface area contributed by atoms with Crippen molar-refractivity contribution in [3.05, 3.63) is 29.8 Å². The van der Waals surface area contributed by atoms with Crippen LogP contribution in [0.1, 0.15) is 25.8 Å². The lowest BCUT2D eigenvalue weighted by Gasteiger charge is -2.27. The molecule has 0 bridgehead atoms. The van der Waals surface area contributed by atoms with E-state index in [-0.39, 0.29) is 18.2 Å². The number of halogens is 3. The van der Waals surface area contributed by atoms with Crippen molar-refractivity contribution in [2.24, 2.45) is 0 Å². The molecule has 0 saturated heterocycles. The van der Waals surface area contributed by atoms with E-state index >= 15 is 0 Å². The molecule has 0 spiro atoms. The Bertz CT molecular complexity index is 575. The third kappa shape index (κ3) is 6.89. The molecule has 24 heavy (non-hydrogen) atoms. The second-order valence-electron chi connectivity index (χ2n) is 5.40. The minimum atomic E-state index is -4.44. The van der Waals surface area contributed by atoms with Crippen LogP contribution in [0.2, 0.25) is 0 Å².